The predicted octanol–water partition coefficient (Wildman–Crippen LogP) is 5.36. The first-order chi connectivity index (χ1) is 11.9. The highest BCUT2D eigenvalue weighted by Crippen LogP contribution is 2.30. The Labute approximate surface area is 154 Å². The molecule has 0 spiro atoms. The van der Waals surface area contributed by atoms with Gasteiger partial charge in [-0.2, -0.15) is 0 Å². The van der Waals surface area contributed by atoms with Gasteiger partial charge < -0.3 is 4.42 Å². The van der Waals surface area contributed by atoms with E-state index in [9.17, 15) is 9.59 Å². The molecule has 4 nitrogen and oxygen atoms in total. The largest absolute Gasteiger partial charge is 0.439 e. The van der Waals surface area contributed by atoms with Crippen molar-refractivity contribution in [1.29, 1.82) is 0 Å². The second kappa shape index (κ2) is 6.90. The Kier molecular flexibility index (Phi) is 4.84. The van der Waals surface area contributed by atoms with Crippen molar-refractivity contribution in [2.75, 3.05) is 5.32 Å². The van der Waals surface area contributed by atoms with Gasteiger partial charge in [0.1, 0.15) is 5.58 Å². The van der Waals surface area contributed by atoms with E-state index in [1.165, 1.54) is 0 Å². The smallest absolute Gasteiger partial charge is 0.229 e. The lowest BCUT2D eigenvalue weighted by atomic mass is 10.0. The number of benzene rings is 2. The monoisotopic (exact) mass is 375 g/mol. The number of hydrogen-bond donors (Lipinski definition) is 1. The Bertz CT molecular complexity index is 1010. The lowest BCUT2D eigenvalue weighted by molar-refractivity contribution is -0.119. The summed E-state index contributed by atoms with van der Waals surface area (Å²) < 4.78 is 5.81. The van der Waals surface area contributed by atoms with Crippen LogP contribution in [0.25, 0.3) is 22.1 Å². The van der Waals surface area contributed by atoms with Crippen molar-refractivity contribution in [1.82, 2.24) is 0 Å². The number of rotatable bonds is 3. The number of carbonyl (C=O) groups excluding carboxylic acids is 1. The van der Waals surface area contributed by atoms with Crippen molar-refractivity contribution in [2.45, 2.75) is 13.8 Å². The molecule has 0 unspecified atom stereocenters. The molecule has 1 aromatic heterocycles. The van der Waals surface area contributed by atoms with Gasteiger partial charge in [0.2, 0.25) is 17.2 Å². The number of hydrogen-bond acceptors (Lipinski definition) is 3. The normalized spacial score (nSPS) is 11.1. The maximum absolute atomic E-state index is 13.0. The van der Waals surface area contributed by atoms with Crippen LogP contribution in [0.15, 0.2) is 51.7 Å². The number of amides is 1. The molecule has 0 aliphatic carbocycles. The van der Waals surface area contributed by atoms with Crippen molar-refractivity contribution >= 4 is 46.0 Å². The third kappa shape index (κ3) is 3.55. The van der Waals surface area contributed by atoms with Gasteiger partial charge in [0, 0.05) is 16.0 Å². The van der Waals surface area contributed by atoms with E-state index in [1.807, 2.05) is 0 Å². The van der Waals surface area contributed by atoms with Crippen LogP contribution in [-0.4, -0.2) is 5.91 Å². The number of nitrogens with one attached hydrogen (secondary N) is 1. The van der Waals surface area contributed by atoms with Gasteiger partial charge >= 0.3 is 0 Å². The van der Waals surface area contributed by atoms with Crippen molar-refractivity contribution in [3.63, 3.8) is 0 Å². The van der Waals surface area contributed by atoms with Crippen molar-refractivity contribution in [3.05, 3.63) is 62.7 Å². The second-order valence-corrected chi connectivity index (χ2v) is 6.80. The van der Waals surface area contributed by atoms with E-state index < -0.39 is 0 Å². The van der Waals surface area contributed by atoms with Gasteiger partial charge in [-0.05, 0) is 35.9 Å². The molecular formula is C19H15Cl2NO3. The van der Waals surface area contributed by atoms with E-state index in [1.54, 1.807) is 56.3 Å². The molecule has 1 amide bonds. The molecule has 2 aromatic carbocycles. The van der Waals surface area contributed by atoms with Gasteiger partial charge in [0.25, 0.3) is 0 Å². The molecule has 3 aromatic rings. The molecule has 25 heavy (non-hydrogen) atoms. The van der Waals surface area contributed by atoms with Crippen molar-refractivity contribution in [3.8, 4) is 11.1 Å². The summed E-state index contributed by atoms with van der Waals surface area (Å²) in [7, 11) is 0. The van der Waals surface area contributed by atoms with Crippen LogP contribution in [0.1, 0.15) is 13.8 Å². The first-order valence-corrected chi connectivity index (χ1v) is 8.45. The lowest BCUT2D eigenvalue weighted by Gasteiger charge is -2.13. The van der Waals surface area contributed by atoms with Crippen LogP contribution >= 0.6 is 23.2 Å². The maximum Gasteiger partial charge on any atom is 0.229 e. The molecule has 0 aliphatic rings. The van der Waals surface area contributed by atoms with Crippen LogP contribution in [0.2, 0.25) is 10.0 Å². The molecule has 1 heterocycles. The average molecular weight is 376 g/mol. The number of anilines is 1. The van der Waals surface area contributed by atoms with E-state index in [2.05, 4.69) is 5.32 Å². The van der Waals surface area contributed by atoms with Crippen LogP contribution in [0.5, 0.6) is 0 Å². The molecule has 0 radical (unpaired) electrons. The Morgan fingerprint density at radius 3 is 2.32 bits per heavy atom. The molecule has 0 saturated carbocycles. The fourth-order valence-corrected chi connectivity index (χ4v) is 2.69. The van der Waals surface area contributed by atoms with Crippen molar-refractivity contribution in [2.24, 2.45) is 5.92 Å². The first kappa shape index (κ1) is 17.5. The number of halogens is 2. The highest BCUT2D eigenvalue weighted by atomic mass is 35.5. The summed E-state index contributed by atoms with van der Waals surface area (Å²) in [5.41, 5.74) is 0.941. The minimum Gasteiger partial charge on any atom is -0.439 e. The van der Waals surface area contributed by atoms with Gasteiger partial charge in [0.15, 0.2) is 0 Å². The lowest BCUT2D eigenvalue weighted by Crippen LogP contribution is -2.20. The summed E-state index contributed by atoms with van der Waals surface area (Å²) in [6.45, 7) is 3.52. The van der Waals surface area contributed by atoms with Crippen LogP contribution in [0, 0.1) is 5.92 Å². The van der Waals surface area contributed by atoms with Gasteiger partial charge in [-0.1, -0.05) is 49.2 Å². The summed E-state index contributed by atoms with van der Waals surface area (Å²) in [6.07, 6.45) is 0. The third-order valence-corrected chi connectivity index (χ3v) is 4.23. The van der Waals surface area contributed by atoms with Crippen LogP contribution in [-0.2, 0) is 4.79 Å². The highest BCUT2D eigenvalue weighted by Gasteiger charge is 2.19. The number of fused-ring (bicyclic) bond motifs is 1. The average Bonchev–Trinajstić information content (AvgIpc) is 2.57. The second-order valence-electron chi connectivity index (χ2n) is 5.93. The van der Waals surface area contributed by atoms with Gasteiger partial charge in [-0.15, -0.1) is 0 Å². The minimum absolute atomic E-state index is 0.112. The zero-order chi connectivity index (χ0) is 18.1. The zero-order valence-corrected chi connectivity index (χ0v) is 15.1. The van der Waals surface area contributed by atoms with E-state index in [0.29, 0.717) is 26.6 Å². The van der Waals surface area contributed by atoms with Crippen LogP contribution < -0.4 is 10.7 Å². The molecule has 0 saturated heterocycles. The predicted molar refractivity (Wildman–Crippen MR) is 101 cm³/mol. The van der Waals surface area contributed by atoms with E-state index in [-0.39, 0.29) is 28.7 Å². The van der Waals surface area contributed by atoms with Crippen LogP contribution in [0.3, 0.4) is 0 Å². The Hall–Kier alpha value is -2.30. The SMILES string of the molecule is CC(C)C(=O)Nc1oc2ccc(Cl)cc2c(=O)c1-c1ccc(Cl)cc1. The summed E-state index contributed by atoms with van der Waals surface area (Å²) in [4.78, 5) is 25.2. The summed E-state index contributed by atoms with van der Waals surface area (Å²) in [6, 6.07) is 11.5. The molecule has 0 aliphatic heterocycles. The van der Waals surface area contributed by atoms with E-state index >= 15 is 0 Å². The fourth-order valence-electron chi connectivity index (χ4n) is 2.39. The maximum atomic E-state index is 13.0. The molecule has 128 valence electrons. The molecule has 0 bridgehead atoms. The Morgan fingerprint density at radius 1 is 1.04 bits per heavy atom. The highest BCUT2D eigenvalue weighted by molar-refractivity contribution is 6.31. The molecule has 0 fully saturated rings. The quantitative estimate of drug-likeness (QED) is 0.669. The topological polar surface area (TPSA) is 59.3 Å². The fraction of sp³-hybridized carbons (Fsp3) is 0.158. The van der Waals surface area contributed by atoms with E-state index in [4.69, 9.17) is 27.6 Å². The molecule has 0 atom stereocenters. The van der Waals surface area contributed by atoms with Gasteiger partial charge in [-0.3, -0.25) is 14.9 Å². The standard InChI is InChI=1S/C19H15Cl2NO3/c1-10(2)18(24)22-19-16(11-3-5-12(20)6-4-11)17(23)14-9-13(21)7-8-15(14)25-19/h3-10H,1-2H3,(H,22,24). The Morgan fingerprint density at radius 2 is 1.68 bits per heavy atom. The van der Waals surface area contributed by atoms with Crippen molar-refractivity contribution < 1.29 is 9.21 Å². The van der Waals surface area contributed by atoms with Gasteiger partial charge in [-0.25, -0.2) is 0 Å². The zero-order valence-electron chi connectivity index (χ0n) is 13.6. The molecular weight excluding hydrogens is 361 g/mol. The molecule has 3 rings (SSSR count). The Balaban J connectivity index is 2.29. The summed E-state index contributed by atoms with van der Waals surface area (Å²) >= 11 is 11.9. The molecule has 1 N–H and O–H groups in total. The van der Waals surface area contributed by atoms with E-state index in [0.717, 1.165) is 0 Å². The first-order valence-electron chi connectivity index (χ1n) is 7.70. The minimum atomic E-state index is -0.273. The van der Waals surface area contributed by atoms with Gasteiger partial charge in [0.05, 0.1) is 10.9 Å². The molecule has 6 heteroatoms. The summed E-state index contributed by atoms with van der Waals surface area (Å²) in [5, 5.41) is 4.02. The third-order valence-electron chi connectivity index (χ3n) is 3.75. The summed E-state index contributed by atoms with van der Waals surface area (Å²) in [5.74, 6) is -0.392. The number of carbonyl (C=O) groups is 1. The van der Waals surface area contributed by atoms with Crippen LogP contribution in [0.4, 0.5) is 5.88 Å².